The molecular weight excluding hydrogens is 318 g/mol. The van der Waals surface area contributed by atoms with Crippen LogP contribution in [0.3, 0.4) is 0 Å². The molecule has 1 aromatic heterocycles. The largest absolute Gasteiger partial charge is 0.496 e. The molecule has 6 heteroatoms. The molecule has 0 bridgehead atoms. The normalized spacial score (nSPS) is 11.0. The molecule has 0 aliphatic heterocycles. The first-order chi connectivity index (χ1) is 12.3. The molecule has 6 nitrogen and oxygen atoms in total. The van der Waals surface area contributed by atoms with Crippen LogP contribution in [0, 0.1) is 0 Å². The van der Waals surface area contributed by atoms with Crippen molar-refractivity contribution in [2.45, 2.75) is 13.1 Å². The zero-order chi connectivity index (χ0) is 17.5. The van der Waals surface area contributed by atoms with Crippen molar-refractivity contribution in [3.8, 4) is 17.1 Å². The van der Waals surface area contributed by atoms with E-state index in [0.29, 0.717) is 37.1 Å². The second kappa shape index (κ2) is 8.41. The van der Waals surface area contributed by atoms with Crippen LogP contribution in [0.4, 0.5) is 0 Å². The second-order valence-electron chi connectivity index (χ2n) is 5.63. The van der Waals surface area contributed by atoms with Gasteiger partial charge >= 0.3 is 0 Å². The predicted molar refractivity (Wildman–Crippen MR) is 93.9 cm³/mol. The average Bonchev–Trinajstić information content (AvgIpc) is 3.11. The molecule has 25 heavy (non-hydrogen) atoms. The quantitative estimate of drug-likeness (QED) is 0.680. The minimum atomic E-state index is 0.0698. The summed E-state index contributed by atoms with van der Waals surface area (Å²) in [5.74, 6) is 1.70. The van der Waals surface area contributed by atoms with Crippen molar-refractivity contribution in [3.63, 3.8) is 0 Å². The van der Waals surface area contributed by atoms with E-state index in [1.54, 1.807) is 7.11 Å². The fourth-order valence-corrected chi connectivity index (χ4v) is 2.65. The molecule has 1 heterocycles. The van der Waals surface area contributed by atoms with E-state index in [-0.39, 0.29) is 6.61 Å². The fraction of sp³-hybridized carbons (Fsp3) is 0.263. The molecule has 0 atom stereocenters. The van der Waals surface area contributed by atoms with E-state index in [9.17, 15) is 5.11 Å². The molecule has 0 unspecified atom stereocenters. The Morgan fingerprint density at radius 1 is 1.04 bits per heavy atom. The van der Waals surface area contributed by atoms with Gasteiger partial charge in [0.2, 0.25) is 11.7 Å². The minimum absolute atomic E-state index is 0.0698. The standard InChI is InChI=1S/C19H21N3O3/c1-24-17-10-6-5-9-16(17)19-20-18(25-21-19)14-22(11-12-23)13-15-7-3-2-4-8-15/h2-10,23H,11-14H2,1H3. The molecule has 3 rings (SSSR count). The second-order valence-corrected chi connectivity index (χ2v) is 5.63. The number of hydrogen-bond donors (Lipinski definition) is 1. The monoisotopic (exact) mass is 339 g/mol. The van der Waals surface area contributed by atoms with Crippen molar-refractivity contribution in [1.82, 2.24) is 15.0 Å². The summed E-state index contributed by atoms with van der Waals surface area (Å²) in [5.41, 5.74) is 1.96. The number of aromatic nitrogens is 2. The van der Waals surface area contributed by atoms with E-state index < -0.39 is 0 Å². The number of aliphatic hydroxyl groups excluding tert-OH is 1. The molecule has 0 aliphatic rings. The number of para-hydroxylation sites is 1. The first-order valence-electron chi connectivity index (χ1n) is 8.13. The van der Waals surface area contributed by atoms with Crippen LogP contribution in [0.15, 0.2) is 59.1 Å². The SMILES string of the molecule is COc1ccccc1-c1noc(CN(CCO)Cc2ccccc2)n1. The molecule has 2 aromatic carbocycles. The molecule has 3 aromatic rings. The molecule has 0 saturated carbocycles. The van der Waals surface area contributed by atoms with Gasteiger partial charge in [0.1, 0.15) is 5.75 Å². The van der Waals surface area contributed by atoms with Crippen molar-refractivity contribution in [2.75, 3.05) is 20.3 Å². The van der Waals surface area contributed by atoms with E-state index >= 15 is 0 Å². The molecule has 0 aliphatic carbocycles. The Morgan fingerprint density at radius 2 is 1.80 bits per heavy atom. The molecule has 0 radical (unpaired) electrons. The van der Waals surface area contributed by atoms with Gasteiger partial charge in [0.05, 0.1) is 25.8 Å². The van der Waals surface area contributed by atoms with Crippen LogP contribution in [0.25, 0.3) is 11.4 Å². The zero-order valence-electron chi connectivity index (χ0n) is 14.1. The maximum atomic E-state index is 9.32. The maximum Gasteiger partial charge on any atom is 0.241 e. The maximum absolute atomic E-state index is 9.32. The smallest absolute Gasteiger partial charge is 0.241 e. The number of benzene rings is 2. The highest BCUT2D eigenvalue weighted by Crippen LogP contribution is 2.27. The van der Waals surface area contributed by atoms with Gasteiger partial charge in [-0.2, -0.15) is 4.98 Å². The van der Waals surface area contributed by atoms with Crippen LogP contribution >= 0.6 is 0 Å². The summed E-state index contributed by atoms with van der Waals surface area (Å²) in [6, 6.07) is 17.6. The number of methoxy groups -OCH3 is 1. The Hall–Kier alpha value is -2.70. The topological polar surface area (TPSA) is 71.6 Å². The number of aliphatic hydroxyl groups is 1. The van der Waals surface area contributed by atoms with Gasteiger partial charge in [-0.25, -0.2) is 0 Å². The van der Waals surface area contributed by atoms with Crippen LogP contribution in [-0.2, 0) is 13.1 Å². The Kier molecular flexibility index (Phi) is 5.77. The van der Waals surface area contributed by atoms with Gasteiger partial charge in [-0.15, -0.1) is 0 Å². The first kappa shape index (κ1) is 17.1. The Bertz CT molecular complexity index is 789. The van der Waals surface area contributed by atoms with Crippen molar-refractivity contribution < 1.29 is 14.4 Å². The van der Waals surface area contributed by atoms with Gasteiger partial charge in [-0.05, 0) is 17.7 Å². The average molecular weight is 339 g/mol. The summed E-state index contributed by atoms with van der Waals surface area (Å²) in [6.45, 7) is 1.77. The van der Waals surface area contributed by atoms with E-state index in [1.165, 1.54) is 5.56 Å². The Labute approximate surface area is 146 Å². The third-order valence-electron chi connectivity index (χ3n) is 3.84. The highest BCUT2D eigenvalue weighted by atomic mass is 16.5. The Balaban J connectivity index is 1.74. The summed E-state index contributed by atoms with van der Waals surface area (Å²) in [7, 11) is 1.61. The molecule has 130 valence electrons. The van der Waals surface area contributed by atoms with Gasteiger partial charge in [-0.1, -0.05) is 47.6 Å². The lowest BCUT2D eigenvalue weighted by Gasteiger charge is -2.19. The zero-order valence-corrected chi connectivity index (χ0v) is 14.1. The molecular formula is C19H21N3O3. The highest BCUT2D eigenvalue weighted by molar-refractivity contribution is 5.63. The minimum Gasteiger partial charge on any atom is -0.496 e. The number of ether oxygens (including phenoxy) is 1. The van der Waals surface area contributed by atoms with E-state index in [0.717, 1.165) is 5.56 Å². The van der Waals surface area contributed by atoms with Crippen LogP contribution < -0.4 is 4.74 Å². The number of rotatable bonds is 8. The van der Waals surface area contributed by atoms with Crippen molar-refractivity contribution in [3.05, 3.63) is 66.1 Å². The molecule has 0 amide bonds. The number of nitrogens with zero attached hydrogens (tertiary/aromatic N) is 3. The third kappa shape index (κ3) is 4.43. The van der Waals surface area contributed by atoms with E-state index in [4.69, 9.17) is 9.26 Å². The van der Waals surface area contributed by atoms with Crippen molar-refractivity contribution in [1.29, 1.82) is 0 Å². The summed E-state index contributed by atoms with van der Waals surface area (Å²) in [6.07, 6.45) is 0. The van der Waals surface area contributed by atoms with Gasteiger partial charge in [0.25, 0.3) is 0 Å². The van der Waals surface area contributed by atoms with E-state index in [2.05, 4.69) is 27.2 Å². The van der Waals surface area contributed by atoms with Crippen molar-refractivity contribution >= 4 is 0 Å². The molecule has 0 spiro atoms. The fourth-order valence-electron chi connectivity index (χ4n) is 2.65. The summed E-state index contributed by atoms with van der Waals surface area (Å²) in [5, 5.41) is 13.4. The lowest BCUT2D eigenvalue weighted by atomic mass is 10.2. The van der Waals surface area contributed by atoms with Gasteiger partial charge < -0.3 is 14.4 Å². The Morgan fingerprint density at radius 3 is 2.56 bits per heavy atom. The number of hydrogen-bond acceptors (Lipinski definition) is 6. The first-order valence-corrected chi connectivity index (χ1v) is 8.13. The van der Waals surface area contributed by atoms with Gasteiger partial charge in [0.15, 0.2) is 0 Å². The van der Waals surface area contributed by atoms with Gasteiger partial charge in [0, 0.05) is 13.1 Å². The van der Waals surface area contributed by atoms with Gasteiger partial charge in [-0.3, -0.25) is 4.90 Å². The van der Waals surface area contributed by atoms with Crippen LogP contribution in [0.2, 0.25) is 0 Å². The van der Waals surface area contributed by atoms with Crippen LogP contribution in [-0.4, -0.2) is 40.4 Å². The van der Waals surface area contributed by atoms with Crippen molar-refractivity contribution in [2.24, 2.45) is 0 Å². The highest BCUT2D eigenvalue weighted by Gasteiger charge is 2.15. The molecule has 0 saturated heterocycles. The van der Waals surface area contributed by atoms with E-state index in [1.807, 2.05) is 42.5 Å². The predicted octanol–water partition coefficient (Wildman–Crippen LogP) is 2.74. The van der Waals surface area contributed by atoms with Crippen LogP contribution in [0.1, 0.15) is 11.5 Å². The summed E-state index contributed by atoms with van der Waals surface area (Å²) < 4.78 is 10.7. The lowest BCUT2D eigenvalue weighted by molar-refractivity contribution is 0.167. The molecule has 1 N–H and O–H groups in total. The molecule has 0 fully saturated rings. The third-order valence-corrected chi connectivity index (χ3v) is 3.84. The summed E-state index contributed by atoms with van der Waals surface area (Å²) in [4.78, 5) is 6.54. The summed E-state index contributed by atoms with van der Waals surface area (Å²) >= 11 is 0. The van der Waals surface area contributed by atoms with Crippen LogP contribution in [0.5, 0.6) is 5.75 Å². The lowest BCUT2D eigenvalue weighted by Crippen LogP contribution is -2.26.